The molecule has 1 aliphatic heterocycles. The Bertz CT molecular complexity index is 1300. The predicted octanol–water partition coefficient (Wildman–Crippen LogP) is 4.90. The lowest BCUT2D eigenvalue weighted by molar-refractivity contribution is -0.124. The van der Waals surface area contributed by atoms with Gasteiger partial charge in [-0.2, -0.15) is 0 Å². The summed E-state index contributed by atoms with van der Waals surface area (Å²) in [7, 11) is 3.12. The highest BCUT2D eigenvalue weighted by Gasteiger charge is 2.46. The van der Waals surface area contributed by atoms with Gasteiger partial charge in [-0.3, -0.25) is 9.59 Å². The summed E-state index contributed by atoms with van der Waals surface area (Å²) in [5.41, 5.74) is 1.95. The number of para-hydroxylation sites is 1. The number of benzene rings is 3. The Labute approximate surface area is 228 Å². The average Bonchev–Trinajstić information content (AvgIpc) is 3.19. The van der Waals surface area contributed by atoms with Gasteiger partial charge in [0.15, 0.2) is 11.5 Å². The molecule has 39 heavy (non-hydrogen) atoms. The summed E-state index contributed by atoms with van der Waals surface area (Å²) in [6.45, 7) is 2.88. The third-order valence-electron chi connectivity index (χ3n) is 6.41. The van der Waals surface area contributed by atoms with Crippen molar-refractivity contribution in [2.45, 2.75) is 32.2 Å². The Kier molecular flexibility index (Phi) is 9.04. The van der Waals surface area contributed by atoms with Gasteiger partial charge in [0.1, 0.15) is 11.8 Å². The number of nitrogens with one attached hydrogen (secondary N) is 1. The molecular weight excluding hydrogens is 498 g/mol. The summed E-state index contributed by atoms with van der Waals surface area (Å²) in [4.78, 5) is 42.6. The van der Waals surface area contributed by atoms with Crippen molar-refractivity contribution >= 4 is 29.2 Å². The van der Waals surface area contributed by atoms with Gasteiger partial charge in [-0.1, -0.05) is 31.2 Å². The zero-order valence-corrected chi connectivity index (χ0v) is 22.4. The number of nitrogens with zero attached hydrogens (tertiary/aromatic N) is 2. The van der Waals surface area contributed by atoms with Crippen molar-refractivity contribution in [3.8, 4) is 17.2 Å². The molecule has 4 rings (SSSR count). The fraction of sp³-hybridized carbons (Fsp3) is 0.300. The van der Waals surface area contributed by atoms with Crippen LogP contribution in [0.2, 0.25) is 0 Å². The molecule has 0 radical (unpaired) electrons. The van der Waals surface area contributed by atoms with E-state index in [1.807, 2.05) is 25.1 Å². The van der Waals surface area contributed by atoms with Crippen LogP contribution >= 0.6 is 0 Å². The Balaban J connectivity index is 1.50. The molecule has 1 fully saturated rings. The normalized spacial score (nSPS) is 14.9. The van der Waals surface area contributed by atoms with Gasteiger partial charge in [0.25, 0.3) is 5.91 Å². The molecule has 9 heteroatoms. The molecule has 3 aromatic rings. The second-order valence-electron chi connectivity index (χ2n) is 9.07. The topological polar surface area (TPSA) is 97.4 Å². The standard InChI is InChI=1S/C30H33N3O6/c1-4-18-39-24-13-11-22(12-14-24)31-28(34)20-25-29(35)33(23-8-6-5-7-9-23)30(36)32(25)17-16-21-10-15-26(37-2)27(19-21)38-3/h5-15,19,25H,4,16-18,20H2,1-3H3,(H,31,34)/t25-/m1/s1. The van der Waals surface area contributed by atoms with Crippen molar-refractivity contribution in [3.05, 3.63) is 78.4 Å². The molecule has 4 amide bonds. The van der Waals surface area contributed by atoms with Crippen molar-refractivity contribution in [2.75, 3.05) is 37.6 Å². The summed E-state index contributed by atoms with van der Waals surface area (Å²) in [6, 6.07) is 19.9. The first-order valence-electron chi connectivity index (χ1n) is 12.9. The SMILES string of the molecule is CCCOc1ccc(NC(=O)C[C@@H]2C(=O)N(c3ccccc3)C(=O)N2CCc2ccc(OC)c(OC)c2)cc1. The van der Waals surface area contributed by atoms with Crippen LogP contribution in [-0.4, -0.2) is 56.2 Å². The minimum atomic E-state index is -0.940. The summed E-state index contributed by atoms with van der Waals surface area (Å²) >= 11 is 0. The number of imide groups is 1. The van der Waals surface area contributed by atoms with Gasteiger partial charge in [-0.15, -0.1) is 0 Å². The van der Waals surface area contributed by atoms with E-state index in [0.29, 0.717) is 41.7 Å². The van der Waals surface area contributed by atoms with Crippen LogP contribution in [-0.2, 0) is 16.0 Å². The Morgan fingerprint density at radius 1 is 0.923 bits per heavy atom. The molecule has 0 saturated carbocycles. The number of carbonyl (C=O) groups excluding carboxylic acids is 3. The minimum absolute atomic E-state index is 0.173. The highest BCUT2D eigenvalue weighted by Crippen LogP contribution is 2.30. The van der Waals surface area contributed by atoms with Crippen LogP contribution in [0.3, 0.4) is 0 Å². The fourth-order valence-corrected chi connectivity index (χ4v) is 4.43. The smallest absolute Gasteiger partial charge is 0.332 e. The summed E-state index contributed by atoms with van der Waals surface area (Å²) in [6.07, 6.45) is 1.18. The lowest BCUT2D eigenvalue weighted by atomic mass is 10.1. The lowest BCUT2D eigenvalue weighted by Crippen LogP contribution is -2.39. The third-order valence-corrected chi connectivity index (χ3v) is 6.41. The molecule has 1 saturated heterocycles. The second-order valence-corrected chi connectivity index (χ2v) is 9.07. The van der Waals surface area contributed by atoms with Gasteiger partial charge in [-0.25, -0.2) is 9.69 Å². The number of hydrogen-bond donors (Lipinski definition) is 1. The molecule has 0 aromatic heterocycles. The highest BCUT2D eigenvalue weighted by atomic mass is 16.5. The maximum absolute atomic E-state index is 13.5. The molecule has 9 nitrogen and oxygen atoms in total. The molecule has 204 valence electrons. The zero-order valence-electron chi connectivity index (χ0n) is 22.4. The number of amides is 4. The first-order chi connectivity index (χ1) is 18.9. The van der Waals surface area contributed by atoms with Crippen LogP contribution in [0.1, 0.15) is 25.3 Å². The Hall–Kier alpha value is -4.53. The maximum Gasteiger partial charge on any atom is 0.332 e. The van der Waals surface area contributed by atoms with Gasteiger partial charge in [0.05, 0.1) is 32.9 Å². The molecule has 1 aliphatic rings. The number of ether oxygens (including phenoxy) is 3. The molecule has 0 bridgehead atoms. The van der Waals surface area contributed by atoms with Crippen LogP contribution in [0.5, 0.6) is 17.2 Å². The van der Waals surface area contributed by atoms with Crippen molar-refractivity contribution in [2.24, 2.45) is 0 Å². The van der Waals surface area contributed by atoms with Crippen LogP contribution in [0.4, 0.5) is 16.2 Å². The fourth-order valence-electron chi connectivity index (χ4n) is 4.43. The van der Waals surface area contributed by atoms with Crippen LogP contribution in [0, 0.1) is 0 Å². The van der Waals surface area contributed by atoms with Crippen molar-refractivity contribution in [1.82, 2.24) is 4.90 Å². The second kappa shape index (κ2) is 12.8. The van der Waals surface area contributed by atoms with Gasteiger partial charge >= 0.3 is 6.03 Å². The van der Waals surface area contributed by atoms with Crippen molar-refractivity contribution in [3.63, 3.8) is 0 Å². The van der Waals surface area contributed by atoms with Gasteiger partial charge < -0.3 is 24.4 Å². The number of methoxy groups -OCH3 is 2. The molecule has 0 spiro atoms. The van der Waals surface area contributed by atoms with E-state index in [1.165, 1.54) is 4.90 Å². The summed E-state index contributed by atoms with van der Waals surface area (Å²) in [5.74, 6) is 1.09. The van der Waals surface area contributed by atoms with E-state index in [-0.39, 0.29) is 18.9 Å². The average molecular weight is 532 g/mol. The van der Waals surface area contributed by atoms with Gasteiger partial charge in [0, 0.05) is 12.2 Å². The molecule has 0 aliphatic carbocycles. The molecule has 0 unspecified atom stereocenters. The molecule has 1 heterocycles. The van der Waals surface area contributed by atoms with Crippen molar-refractivity contribution < 1.29 is 28.6 Å². The maximum atomic E-state index is 13.5. The summed E-state index contributed by atoms with van der Waals surface area (Å²) in [5, 5.41) is 2.83. The minimum Gasteiger partial charge on any atom is -0.494 e. The quantitative estimate of drug-likeness (QED) is 0.334. The first-order valence-corrected chi connectivity index (χ1v) is 12.9. The molecule has 1 atom stereocenters. The lowest BCUT2D eigenvalue weighted by Gasteiger charge is -2.22. The highest BCUT2D eigenvalue weighted by molar-refractivity contribution is 6.22. The van der Waals surface area contributed by atoms with Gasteiger partial charge in [-0.05, 0) is 66.9 Å². The van der Waals surface area contributed by atoms with E-state index in [4.69, 9.17) is 14.2 Å². The van der Waals surface area contributed by atoms with Crippen LogP contribution < -0.4 is 24.4 Å². The molecule has 1 N–H and O–H groups in total. The van der Waals surface area contributed by atoms with E-state index >= 15 is 0 Å². The largest absolute Gasteiger partial charge is 0.494 e. The number of anilines is 2. The van der Waals surface area contributed by atoms with E-state index in [1.54, 1.807) is 68.8 Å². The molecule has 3 aromatic carbocycles. The van der Waals surface area contributed by atoms with E-state index in [2.05, 4.69) is 5.32 Å². The Morgan fingerprint density at radius 3 is 2.31 bits per heavy atom. The number of urea groups is 1. The van der Waals surface area contributed by atoms with Crippen molar-refractivity contribution in [1.29, 1.82) is 0 Å². The zero-order chi connectivity index (χ0) is 27.8. The number of hydrogen-bond acceptors (Lipinski definition) is 6. The van der Waals surface area contributed by atoms with Crippen LogP contribution in [0.15, 0.2) is 72.8 Å². The molecular formula is C30H33N3O6. The summed E-state index contributed by atoms with van der Waals surface area (Å²) < 4.78 is 16.3. The van der Waals surface area contributed by atoms with Gasteiger partial charge in [0.2, 0.25) is 5.91 Å². The Morgan fingerprint density at radius 2 is 1.64 bits per heavy atom. The number of carbonyl (C=O) groups is 3. The van der Waals surface area contributed by atoms with Crippen LogP contribution in [0.25, 0.3) is 0 Å². The van der Waals surface area contributed by atoms with E-state index in [9.17, 15) is 14.4 Å². The first kappa shape index (κ1) is 27.5. The predicted molar refractivity (Wildman–Crippen MR) is 149 cm³/mol. The third kappa shape index (κ3) is 6.49. The number of rotatable bonds is 12. The van der Waals surface area contributed by atoms with E-state index in [0.717, 1.165) is 16.9 Å². The monoisotopic (exact) mass is 531 g/mol. The van der Waals surface area contributed by atoms with E-state index < -0.39 is 18.0 Å².